The minimum absolute atomic E-state index is 0.0864. The summed E-state index contributed by atoms with van der Waals surface area (Å²) < 4.78 is 5.11. The highest BCUT2D eigenvalue weighted by Crippen LogP contribution is 2.36. The van der Waals surface area contributed by atoms with E-state index in [1.54, 1.807) is 0 Å². The minimum Gasteiger partial charge on any atom is -0.463 e. The SMILES string of the molecule is CC(C)OC(=O)CCCC=CCC1C(=O)CC(O)C1CCC(O)CCc1ccccc1. The molecule has 5 heteroatoms. The van der Waals surface area contributed by atoms with Crippen molar-refractivity contribution in [3.63, 3.8) is 0 Å². The number of carbonyl (C=O) groups is 2. The largest absolute Gasteiger partial charge is 0.463 e. The number of aryl methyl sites for hydroxylation is 1. The molecule has 1 aliphatic rings. The molecule has 1 saturated carbocycles. The first-order valence-electron chi connectivity index (χ1n) is 11.6. The van der Waals surface area contributed by atoms with Crippen LogP contribution in [0.15, 0.2) is 42.5 Å². The molecule has 1 aliphatic carbocycles. The molecule has 2 rings (SSSR count). The lowest BCUT2D eigenvalue weighted by molar-refractivity contribution is -0.147. The van der Waals surface area contributed by atoms with Crippen LogP contribution in [-0.2, 0) is 20.7 Å². The number of carbonyl (C=O) groups excluding carboxylic acids is 2. The summed E-state index contributed by atoms with van der Waals surface area (Å²) in [5.74, 6) is -0.340. The van der Waals surface area contributed by atoms with Crippen LogP contribution < -0.4 is 0 Å². The van der Waals surface area contributed by atoms with Gasteiger partial charge in [0.15, 0.2) is 0 Å². The van der Waals surface area contributed by atoms with Crippen LogP contribution in [0.1, 0.15) is 70.8 Å². The molecule has 0 radical (unpaired) electrons. The fraction of sp³-hybridized carbons (Fsp3) is 0.615. The minimum atomic E-state index is -0.613. The third-order valence-electron chi connectivity index (χ3n) is 5.95. The van der Waals surface area contributed by atoms with Gasteiger partial charge in [0.2, 0.25) is 0 Å². The first-order chi connectivity index (χ1) is 14.9. The smallest absolute Gasteiger partial charge is 0.306 e. The van der Waals surface area contributed by atoms with E-state index in [2.05, 4.69) is 12.1 Å². The average molecular weight is 431 g/mol. The van der Waals surface area contributed by atoms with Gasteiger partial charge >= 0.3 is 5.97 Å². The quantitative estimate of drug-likeness (QED) is 0.275. The van der Waals surface area contributed by atoms with Crippen LogP contribution in [0.5, 0.6) is 0 Å². The summed E-state index contributed by atoms with van der Waals surface area (Å²) in [6, 6.07) is 10.1. The molecule has 1 fully saturated rings. The van der Waals surface area contributed by atoms with Gasteiger partial charge in [-0.25, -0.2) is 0 Å². The van der Waals surface area contributed by atoms with E-state index in [1.807, 2.05) is 44.2 Å². The molecule has 0 saturated heterocycles. The number of hydrogen-bond donors (Lipinski definition) is 2. The van der Waals surface area contributed by atoms with Crippen molar-refractivity contribution in [2.24, 2.45) is 11.8 Å². The van der Waals surface area contributed by atoms with E-state index in [0.29, 0.717) is 32.1 Å². The van der Waals surface area contributed by atoms with Crippen molar-refractivity contribution < 1.29 is 24.5 Å². The van der Waals surface area contributed by atoms with Crippen molar-refractivity contribution in [1.29, 1.82) is 0 Å². The standard InChI is InChI=1S/C26H38O5/c1-19(2)31-26(30)13-9-4-3-8-12-22-23(25(29)18-24(22)28)17-16-21(27)15-14-20-10-6-5-7-11-20/h3,5-8,10-11,19,21-23,25,27,29H,4,9,12-18H2,1-2H3. The molecule has 31 heavy (non-hydrogen) atoms. The number of ether oxygens (including phenoxy) is 1. The van der Waals surface area contributed by atoms with Crippen LogP contribution in [0.3, 0.4) is 0 Å². The monoisotopic (exact) mass is 430 g/mol. The number of unbranched alkanes of at least 4 members (excludes halogenated alkanes) is 1. The van der Waals surface area contributed by atoms with Gasteiger partial charge in [0.1, 0.15) is 5.78 Å². The zero-order valence-electron chi connectivity index (χ0n) is 18.9. The molecule has 0 amide bonds. The number of benzene rings is 1. The number of allylic oxidation sites excluding steroid dienone is 2. The van der Waals surface area contributed by atoms with Crippen LogP contribution in [0, 0.1) is 11.8 Å². The van der Waals surface area contributed by atoms with E-state index in [1.165, 1.54) is 5.56 Å². The predicted octanol–water partition coefficient (Wildman–Crippen LogP) is 4.39. The first-order valence-corrected chi connectivity index (χ1v) is 11.6. The molecule has 0 aromatic heterocycles. The number of esters is 1. The maximum atomic E-state index is 12.3. The summed E-state index contributed by atoms with van der Waals surface area (Å²) >= 11 is 0. The van der Waals surface area contributed by atoms with Crippen molar-refractivity contribution in [3.8, 4) is 0 Å². The fourth-order valence-electron chi connectivity index (χ4n) is 4.27. The number of aliphatic hydroxyl groups excluding tert-OH is 2. The number of Topliss-reactive ketones (excluding diaryl/α,β-unsaturated/α-hetero) is 1. The normalized spacial score (nSPS) is 22.4. The Labute approximate surface area is 186 Å². The molecule has 1 aromatic rings. The number of hydrogen-bond acceptors (Lipinski definition) is 5. The van der Waals surface area contributed by atoms with E-state index < -0.39 is 12.2 Å². The number of aliphatic hydroxyl groups is 2. The Morgan fingerprint density at radius 1 is 1.19 bits per heavy atom. The molecule has 1 aromatic carbocycles. The Bertz CT molecular complexity index is 697. The molecule has 4 atom stereocenters. The lowest BCUT2D eigenvalue weighted by Crippen LogP contribution is -2.22. The van der Waals surface area contributed by atoms with E-state index in [-0.39, 0.29) is 36.1 Å². The van der Waals surface area contributed by atoms with Gasteiger partial charge in [-0.15, -0.1) is 0 Å². The van der Waals surface area contributed by atoms with Gasteiger partial charge < -0.3 is 14.9 Å². The summed E-state index contributed by atoms with van der Waals surface area (Å²) in [5.41, 5.74) is 1.21. The Hall–Kier alpha value is -1.98. The molecule has 5 nitrogen and oxygen atoms in total. The van der Waals surface area contributed by atoms with Crippen molar-refractivity contribution in [3.05, 3.63) is 48.0 Å². The summed E-state index contributed by atoms with van der Waals surface area (Å²) in [4.78, 5) is 23.9. The molecule has 2 N–H and O–H groups in total. The van der Waals surface area contributed by atoms with Gasteiger partial charge in [-0.05, 0) is 70.3 Å². The second kappa shape index (κ2) is 13.4. The summed E-state index contributed by atoms with van der Waals surface area (Å²) in [6.07, 6.45) is 8.34. The molecule has 0 aliphatic heterocycles. The predicted molar refractivity (Wildman–Crippen MR) is 121 cm³/mol. The Kier molecular flexibility index (Phi) is 11.0. The third-order valence-corrected chi connectivity index (χ3v) is 5.95. The van der Waals surface area contributed by atoms with Gasteiger partial charge in [-0.3, -0.25) is 9.59 Å². The van der Waals surface area contributed by atoms with Crippen LogP contribution in [0.2, 0.25) is 0 Å². The van der Waals surface area contributed by atoms with Crippen LogP contribution in [0.4, 0.5) is 0 Å². The molecule has 172 valence electrons. The van der Waals surface area contributed by atoms with Crippen LogP contribution in [-0.4, -0.2) is 40.3 Å². The van der Waals surface area contributed by atoms with Crippen molar-refractivity contribution >= 4 is 11.8 Å². The maximum absolute atomic E-state index is 12.3. The van der Waals surface area contributed by atoms with Crippen LogP contribution in [0.25, 0.3) is 0 Å². The second-order valence-electron chi connectivity index (χ2n) is 8.90. The van der Waals surface area contributed by atoms with E-state index in [0.717, 1.165) is 19.3 Å². The van der Waals surface area contributed by atoms with Crippen molar-refractivity contribution in [1.82, 2.24) is 0 Å². The molecule has 0 bridgehead atoms. The van der Waals surface area contributed by atoms with Gasteiger partial charge in [0.25, 0.3) is 0 Å². The molecule has 4 unspecified atom stereocenters. The van der Waals surface area contributed by atoms with Gasteiger partial charge in [0, 0.05) is 18.8 Å². The maximum Gasteiger partial charge on any atom is 0.306 e. The highest BCUT2D eigenvalue weighted by Gasteiger charge is 2.40. The molecule has 0 heterocycles. The number of ketones is 1. The van der Waals surface area contributed by atoms with Crippen molar-refractivity contribution in [2.45, 2.75) is 89.9 Å². The average Bonchev–Trinajstić information content (AvgIpc) is 3.00. The van der Waals surface area contributed by atoms with Crippen molar-refractivity contribution in [2.75, 3.05) is 0 Å². The van der Waals surface area contributed by atoms with E-state index in [4.69, 9.17) is 4.74 Å². The summed E-state index contributed by atoms with van der Waals surface area (Å²) in [6.45, 7) is 3.67. The lowest BCUT2D eigenvalue weighted by Gasteiger charge is -2.21. The zero-order chi connectivity index (χ0) is 22.6. The van der Waals surface area contributed by atoms with Gasteiger partial charge in [-0.1, -0.05) is 42.5 Å². The van der Waals surface area contributed by atoms with E-state index in [9.17, 15) is 19.8 Å². The van der Waals surface area contributed by atoms with E-state index >= 15 is 0 Å². The topological polar surface area (TPSA) is 83.8 Å². The number of rotatable bonds is 13. The van der Waals surface area contributed by atoms with Gasteiger partial charge in [-0.2, -0.15) is 0 Å². The molecule has 0 spiro atoms. The third kappa shape index (κ3) is 9.36. The summed E-state index contributed by atoms with van der Waals surface area (Å²) in [5, 5.41) is 20.7. The highest BCUT2D eigenvalue weighted by molar-refractivity contribution is 5.84. The fourth-order valence-corrected chi connectivity index (χ4v) is 4.27. The Balaban J connectivity index is 1.71. The lowest BCUT2D eigenvalue weighted by atomic mass is 9.86. The molecular weight excluding hydrogens is 392 g/mol. The summed E-state index contributed by atoms with van der Waals surface area (Å²) in [7, 11) is 0. The zero-order valence-corrected chi connectivity index (χ0v) is 18.9. The van der Waals surface area contributed by atoms with Crippen LogP contribution >= 0.6 is 0 Å². The molecular formula is C26H38O5. The highest BCUT2D eigenvalue weighted by atomic mass is 16.5. The second-order valence-corrected chi connectivity index (χ2v) is 8.90. The Morgan fingerprint density at radius 3 is 2.65 bits per heavy atom. The Morgan fingerprint density at radius 2 is 1.94 bits per heavy atom. The first kappa shape index (κ1) is 25.3. The van der Waals surface area contributed by atoms with Gasteiger partial charge in [0.05, 0.1) is 18.3 Å².